The van der Waals surface area contributed by atoms with Crippen LogP contribution in [-0.4, -0.2) is 6.54 Å². The van der Waals surface area contributed by atoms with Crippen molar-refractivity contribution in [1.29, 1.82) is 0 Å². The molecule has 1 rings (SSSR count). The zero-order valence-electron chi connectivity index (χ0n) is 10.8. The van der Waals surface area contributed by atoms with Crippen molar-refractivity contribution in [3.63, 3.8) is 0 Å². The molecule has 0 heterocycles. The topological polar surface area (TPSA) is 12.0 Å². The number of rotatable bonds is 6. The van der Waals surface area contributed by atoms with Gasteiger partial charge in [-0.05, 0) is 42.6 Å². The van der Waals surface area contributed by atoms with Gasteiger partial charge in [0.2, 0.25) is 0 Å². The maximum Gasteiger partial charge on any atom is 0.0357 e. The Kier molecular flexibility index (Phi) is 6.75. The normalized spacial score (nSPS) is 14.6. The molecule has 1 aromatic carbocycles. The van der Waals surface area contributed by atoms with Gasteiger partial charge in [0.1, 0.15) is 0 Å². The zero-order valence-corrected chi connectivity index (χ0v) is 13.9. The van der Waals surface area contributed by atoms with Crippen molar-refractivity contribution in [2.75, 3.05) is 6.54 Å². The van der Waals surface area contributed by atoms with Crippen LogP contribution in [0.4, 0.5) is 0 Å². The predicted molar refractivity (Wildman–Crippen MR) is 82.3 cm³/mol. The Labute approximate surface area is 122 Å². The lowest BCUT2D eigenvalue weighted by Crippen LogP contribution is -2.27. The Morgan fingerprint density at radius 1 is 1.24 bits per heavy atom. The van der Waals surface area contributed by atoms with Crippen LogP contribution in [0.5, 0.6) is 0 Å². The van der Waals surface area contributed by atoms with Gasteiger partial charge >= 0.3 is 0 Å². The highest BCUT2D eigenvalue weighted by Crippen LogP contribution is 2.32. The predicted octanol–water partition coefficient (Wildman–Crippen LogP) is 5.30. The first-order valence-corrected chi connectivity index (χ1v) is 7.87. The summed E-state index contributed by atoms with van der Waals surface area (Å²) in [6.07, 6.45) is 2.35. The fourth-order valence-electron chi connectivity index (χ4n) is 1.91. The fourth-order valence-corrected chi connectivity index (χ4v) is 2.78. The van der Waals surface area contributed by atoms with Crippen molar-refractivity contribution in [1.82, 2.24) is 5.32 Å². The first-order valence-electron chi connectivity index (χ1n) is 6.28. The minimum absolute atomic E-state index is 0.423. The maximum absolute atomic E-state index is 3.66. The lowest BCUT2D eigenvalue weighted by Gasteiger charge is -2.26. The second-order valence-electron chi connectivity index (χ2n) is 4.48. The van der Waals surface area contributed by atoms with E-state index in [1.165, 1.54) is 22.9 Å². The van der Waals surface area contributed by atoms with Gasteiger partial charge in [0.25, 0.3) is 0 Å². The van der Waals surface area contributed by atoms with Crippen LogP contribution in [-0.2, 0) is 0 Å². The van der Waals surface area contributed by atoms with E-state index in [1.807, 2.05) is 0 Å². The Bertz CT molecular complexity index is 352. The molecule has 1 aromatic rings. The maximum atomic E-state index is 3.66. The summed E-state index contributed by atoms with van der Waals surface area (Å²) in [6.45, 7) is 7.82. The van der Waals surface area contributed by atoms with Crippen molar-refractivity contribution in [2.45, 2.75) is 39.7 Å². The van der Waals surface area contributed by atoms with Gasteiger partial charge < -0.3 is 5.32 Å². The molecular weight excluding hydrogens is 342 g/mol. The minimum Gasteiger partial charge on any atom is -0.310 e. The highest BCUT2D eigenvalue weighted by atomic mass is 79.9. The van der Waals surface area contributed by atoms with Crippen LogP contribution in [0.15, 0.2) is 27.1 Å². The van der Waals surface area contributed by atoms with Crippen molar-refractivity contribution >= 4 is 31.9 Å². The number of hydrogen-bond acceptors (Lipinski definition) is 1. The second-order valence-corrected chi connectivity index (χ2v) is 6.25. The standard InChI is InChI=1S/C14H21Br2N/c1-4-8-17-14(10(3)5-2)12-9-11(15)6-7-13(12)16/h6-7,9-10,14,17H,4-5,8H2,1-3H3. The highest BCUT2D eigenvalue weighted by Gasteiger charge is 2.19. The van der Waals surface area contributed by atoms with Crippen LogP contribution in [0.3, 0.4) is 0 Å². The molecular formula is C14H21Br2N. The number of benzene rings is 1. The smallest absolute Gasteiger partial charge is 0.0357 e. The molecule has 0 aliphatic rings. The van der Waals surface area contributed by atoms with E-state index in [9.17, 15) is 0 Å². The van der Waals surface area contributed by atoms with Gasteiger partial charge in [-0.1, -0.05) is 59.1 Å². The molecule has 1 nitrogen and oxygen atoms in total. The highest BCUT2D eigenvalue weighted by molar-refractivity contribution is 9.11. The fraction of sp³-hybridized carbons (Fsp3) is 0.571. The van der Waals surface area contributed by atoms with E-state index in [0.717, 1.165) is 11.0 Å². The number of nitrogens with one attached hydrogen (secondary N) is 1. The van der Waals surface area contributed by atoms with Gasteiger partial charge in [0.05, 0.1) is 0 Å². The summed E-state index contributed by atoms with van der Waals surface area (Å²) in [6, 6.07) is 6.82. The first kappa shape index (κ1) is 15.2. The molecule has 2 unspecified atom stereocenters. The molecule has 0 amide bonds. The van der Waals surface area contributed by atoms with Crippen molar-refractivity contribution in [3.8, 4) is 0 Å². The van der Waals surface area contributed by atoms with E-state index in [4.69, 9.17) is 0 Å². The Morgan fingerprint density at radius 3 is 2.53 bits per heavy atom. The van der Waals surface area contributed by atoms with E-state index in [0.29, 0.717) is 12.0 Å². The summed E-state index contributed by atoms with van der Waals surface area (Å²) < 4.78 is 2.33. The van der Waals surface area contributed by atoms with E-state index < -0.39 is 0 Å². The van der Waals surface area contributed by atoms with Crippen LogP contribution >= 0.6 is 31.9 Å². The summed E-state index contributed by atoms with van der Waals surface area (Å²) in [5, 5.41) is 3.65. The van der Waals surface area contributed by atoms with Crippen molar-refractivity contribution in [2.24, 2.45) is 5.92 Å². The third-order valence-corrected chi connectivity index (χ3v) is 4.34. The van der Waals surface area contributed by atoms with Crippen molar-refractivity contribution < 1.29 is 0 Å². The average molecular weight is 363 g/mol. The van der Waals surface area contributed by atoms with E-state index in [2.05, 4.69) is 76.1 Å². The molecule has 0 saturated heterocycles. The molecule has 0 aromatic heterocycles. The molecule has 0 aliphatic carbocycles. The van der Waals surface area contributed by atoms with Crippen molar-refractivity contribution in [3.05, 3.63) is 32.7 Å². The first-order chi connectivity index (χ1) is 8.10. The molecule has 96 valence electrons. The van der Waals surface area contributed by atoms with E-state index >= 15 is 0 Å². The monoisotopic (exact) mass is 361 g/mol. The zero-order chi connectivity index (χ0) is 12.8. The molecule has 0 bridgehead atoms. The lowest BCUT2D eigenvalue weighted by molar-refractivity contribution is 0.376. The van der Waals surface area contributed by atoms with Gasteiger partial charge in [-0.15, -0.1) is 0 Å². The summed E-state index contributed by atoms with van der Waals surface area (Å²) in [7, 11) is 0. The molecule has 0 aliphatic heterocycles. The SMILES string of the molecule is CCCNC(c1cc(Br)ccc1Br)C(C)CC. The van der Waals surface area contributed by atoms with Crippen LogP contribution in [0.2, 0.25) is 0 Å². The summed E-state index contributed by atoms with van der Waals surface area (Å²) >= 11 is 7.21. The number of halogens is 2. The van der Waals surface area contributed by atoms with Crippen LogP contribution in [0, 0.1) is 5.92 Å². The van der Waals surface area contributed by atoms with Gasteiger partial charge in [-0.3, -0.25) is 0 Å². The summed E-state index contributed by atoms with van der Waals surface area (Å²) in [5.41, 5.74) is 1.35. The molecule has 2 atom stereocenters. The Balaban J connectivity index is 2.98. The van der Waals surface area contributed by atoms with Gasteiger partial charge in [0.15, 0.2) is 0 Å². The molecule has 17 heavy (non-hydrogen) atoms. The Hall–Kier alpha value is 0.140. The summed E-state index contributed by atoms with van der Waals surface area (Å²) in [5.74, 6) is 0.632. The van der Waals surface area contributed by atoms with Crippen LogP contribution in [0.25, 0.3) is 0 Å². The molecule has 1 N–H and O–H groups in total. The third-order valence-electron chi connectivity index (χ3n) is 3.12. The number of hydrogen-bond donors (Lipinski definition) is 1. The Morgan fingerprint density at radius 2 is 1.94 bits per heavy atom. The van der Waals surface area contributed by atoms with E-state index in [-0.39, 0.29) is 0 Å². The molecule has 0 saturated carbocycles. The molecule has 3 heteroatoms. The van der Waals surface area contributed by atoms with Gasteiger partial charge in [0, 0.05) is 15.0 Å². The summed E-state index contributed by atoms with van der Waals surface area (Å²) in [4.78, 5) is 0. The molecule has 0 fully saturated rings. The minimum atomic E-state index is 0.423. The van der Waals surface area contributed by atoms with Crippen LogP contribution < -0.4 is 5.32 Å². The average Bonchev–Trinajstić information content (AvgIpc) is 2.33. The van der Waals surface area contributed by atoms with E-state index in [1.54, 1.807) is 0 Å². The molecule has 0 radical (unpaired) electrons. The lowest BCUT2D eigenvalue weighted by atomic mass is 9.92. The molecule has 0 spiro atoms. The van der Waals surface area contributed by atoms with Crippen LogP contribution in [0.1, 0.15) is 45.2 Å². The van der Waals surface area contributed by atoms with Gasteiger partial charge in [-0.25, -0.2) is 0 Å². The third kappa shape index (κ3) is 4.38. The largest absolute Gasteiger partial charge is 0.310 e. The quantitative estimate of drug-likeness (QED) is 0.724. The van der Waals surface area contributed by atoms with Gasteiger partial charge in [-0.2, -0.15) is 0 Å². The second kappa shape index (κ2) is 7.55.